The molecular formula is C19H25NO. The molecule has 0 amide bonds. The third-order valence-electron chi connectivity index (χ3n) is 3.52. The van der Waals surface area contributed by atoms with Crippen molar-refractivity contribution in [2.75, 3.05) is 27.2 Å². The molecule has 2 heteroatoms. The zero-order chi connectivity index (χ0) is 14.9. The maximum Gasteiger partial charge on any atom is 0.122 e. The molecule has 2 rings (SSSR count). The van der Waals surface area contributed by atoms with E-state index in [0.717, 1.165) is 38.2 Å². The maximum absolute atomic E-state index is 5.98. The molecule has 0 heterocycles. The Labute approximate surface area is 128 Å². The molecule has 0 aliphatic heterocycles. The number of hydrogen-bond donors (Lipinski definition) is 0. The van der Waals surface area contributed by atoms with E-state index in [0.29, 0.717) is 0 Å². The van der Waals surface area contributed by atoms with Crippen LogP contribution in [0.15, 0.2) is 54.6 Å². The van der Waals surface area contributed by atoms with E-state index in [1.165, 1.54) is 11.1 Å². The van der Waals surface area contributed by atoms with E-state index in [2.05, 4.69) is 61.5 Å². The van der Waals surface area contributed by atoms with Crippen molar-refractivity contribution in [3.63, 3.8) is 0 Å². The summed E-state index contributed by atoms with van der Waals surface area (Å²) in [5, 5.41) is 0. The third-order valence-corrected chi connectivity index (χ3v) is 3.52. The fraction of sp³-hybridized carbons (Fsp3) is 0.368. The first-order valence-electron chi connectivity index (χ1n) is 7.65. The molecule has 0 bridgehead atoms. The van der Waals surface area contributed by atoms with E-state index in [1.54, 1.807) is 0 Å². The van der Waals surface area contributed by atoms with Gasteiger partial charge in [0.2, 0.25) is 0 Å². The topological polar surface area (TPSA) is 12.5 Å². The monoisotopic (exact) mass is 283 g/mol. The lowest BCUT2D eigenvalue weighted by molar-refractivity contribution is 0.317. The lowest BCUT2D eigenvalue weighted by Crippen LogP contribution is -2.13. The molecule has 21 heavy (non-hydrogen) atoms. The van der Waals surface area contributed by atoms with Crippen LogP contribution in [0, 0.1) is 0 Å². The molecule has 0 radical (unpaired) electrons. The normalized spacial score (nSPS) is 10.8. The Hall–Kier alpha value is -1.80. The Morgan fingerprint density at radius 1 is 0.857 bits per heavy atom. The highest BCUT2D eigenvalue weighted by molar-refractivity contribution is 5.33. The van der Waals surface area contributed by atoms with Crippen molar-refractivity contribution < 1.29 is 4.74 Å². The number of para-hydroxylation sites is 1. The Balaban J connectivity index is 1.84. The molecule has 0 spiro atoms. The first-order valence-corrected chi connectivity index (χ1v) is 7.65. The van der Waals surface area contributed by atoms with Crippen molar-refractivity contribution >= 4 is 0 Å². The molecule has 0 aliphatic carbocycles. The molecule has 112 valence electrons. The van der Waals surface area contributed by atoms with E-state index < -0.39 is 0 Å². The van der Waals surface area contributed by atoms with E-state index >= 15 is 0 Å². The molecule has 0 fully saturated rings. The van der Waals surface area contributed by atoms with Gasteiger partial charge in [0.1, 0.15) is 5.75 Å². The van der Waals surface area contributed by atoms with Crippen LogP contribution in [-0.2, 0) is 12.8 Å². The smallest absolute Gasteiger partial charge is 0.122 e. The summed E-state index contributed by atoms with van der Waals surface area (Å²) < 4.78 is 5.98. The van der Waals surface area contributed by atoms with Crippen LogP contribution < -0.4 is 4.74 Å². The average Bonchev–Trinajstić information content (AvgIpc) is 2.49. The molecule has 0 saturated carbocycles. The summed E-state index contributed by atoms with van der Waals surface area (Å²) in [6, 6.07) is 18.9. The van der Waals surface area contributed by atoms with Gasteiger partial charge in [-0.15, -0.1) is 0 Å². The number of hydrogen-bond acceptors (Lipinski definition) is 2. The van der Waals surface area contributed by atoms with Crippen molar-refractivity contribution in [2.45, 2.75) is 19.3 Å². The summed E-state index contributed by atoms with van der Waals surface area (Å²) in [4.78, 5) is 2.22. The van der Waals surface area contributed by atoms with Crippen LogP contribution in [0.5, 0.6) is 5.75 Å². The zero-order valence-electron chi connectivity index (χ0n) is 13.1. The van der Waals surface area contributed by atoms with E-state index in [4.69, 9.17) is 4.74 Å². The number of ether oxygens (including phenoxy) is 1. The third kappa shape index (κ3) is 5.60. The predicted octanol–water partition coefficient (Wildman–Crippen LogP) is 3.80. The quantitative estimate of drug-likeness (QED) is 0.730. The predicted molar refractivity (Wildman–Crippen MR) is 89.0 cm³/mol. The van der Waals surface area contributed by atoms with Gasteiger partial charge in [0.05, 0.1) is 6.61 Å². The highest BCUT2D eigenvalue weighted by atomic mass is 16.5. The number of aryl methyl sites for hydroxylation is 1. The largest absolute Gasteiger partial charge is 0.493 e. The van der Waals surface area contributed by atoms with Crippen molar-refractivity contribution in [1.29, 1.82) is 0 Å². The van der Waals surface area contributed by atoms with Crippen molar-refractivity contribution in [3.05, 3.63) is 65.7 Å². The highest BCUT2D eigenvalue weighted by Gasteiger charge is 2.03. The van der Waals surface area contributed by atoms with Crippen LogP contribution in [0.4, 0.5) is 0 Å². The second-order valence-corrected chi connectivity index (χ2v) is 5.60. The van der Waals surface area contributed by atoms with E-state index in [9.17, 15) is 0 Å². The number of rotatable bonds is 8. The van der Waals surface area contributed by atoms with Crippen molar-refractivity contribution in [1.82, 2.24) is 4.90 Å². The molecule has 0 N–H and O–H groups in total. The van der Waals surface area contributed by atoms with Crippen molar-refractivity contribution in [2.24, 2.45) is 0 Å². The van der Waals surface area contributed by atoms with Crippen molar-refractivity contribution in [3.8, 4) is 5.75 Å². The Morgan fingerprint density at radius 2 is 1.57 bits per heavy atom. The second-order valence-electron chi connectivity index (χ2n) is 5.60. The van der Waals surface area contributed by atoms with Gasteiger partial charge < -0.3 is 9.64 Å². The van der Waals surface area contributed by atoms with Gasteiger partial charge in [-0.1, -0.05) is 48.5 Å². The molecule has 0 atom stereocenters. The summed E-state index contributed by atoms with van der Waals surface area (Å²) in [6.45, 7) is 1.84. The van der Waals surface area contributed by atoms with Gasteiger partial charge in [-0.25, -0.2) is 0 Å². The molecular weight excluding hydrogens is 258 g/mol. The fourth-order valence-corrected chi connectivity index (χ4v) is 2.36. The first kappa shape index (κ1) is 15.6. The van der Waals surface area contributed by atoms with Gasteiger partial charge in [-0.2, -0.15) is 0 Å². The minimum atomic E-state index is 0.731. The summed E-state index contributed by atoms with van der Waals surface area (Å²) in [5.74, 6) is 1.03. The Morgan fingerprint density at radius 3 is 2.33 bits per heavy atom. The maximum atomic E-state index is 5.98. The highest BCUT2D eigenvalue weighted by Crippen LogP contribution is 2.20. The number of nitrogens with zero attached hydrogens (tertiary/aromatic N) is 1. The Bertz CT molecular complexity index is 522. The van der Waals surface area contributed by atoms with Gasteiger partial charge in [0.25, 0.3) is 0 Å². The van der Waals surface area contributed by atoms with Gasteiger partial charge >= 0.3 is 0 Å². The summed E-state index contributed by atoms with van der Waals surface area (Å²) >= 11 is 0. The first-order chi connectivity index (χ1) is 10.3. The standard InChI is InChI=1S/C19H25NO/c1-20(2)15-8-12-18-11-6-7-13-19(18)21-16-14-17-9-4-3-5-10-17/h3-7,9-11,13H,8,12,14-16H2,1-2H3. The molecule has 0 aromatic heterocycles. The van der Waals surface area contributed by atoms with Crippen LogP contribution in [0.3, 0.4) is 0 Å². The van der Waals surface area contributed by atoms with Gasteiger partial charge in [0.15, 0.2) is 0 Å². The minimum absolute atomic E-state index is 0.731. The second kappa shape index (κ2) is 8.48. The van der Waals surface area contributed by atoms with Crippen LogP contribution >= 0.6 is 0 Å². The molecule has 2 nitrogen and oxygen atoms in total. The number of benzene rings is 2. The van der Waals surface area contributed by atoms with Crippen LogP contribution in [0.25, 0.3) is 0 Å². The van der Waals surface area contributed by atoms with Crippen LogP contribution in [0.2, 0.25) is 0 Å². The van der Waals surface area contributed by atoms with Gasteiger partial charge in [-0.05, 0) is 50.7 Å². The molecule has 0 unspecified atom stereocenters. The zero-order valence-corrected chi connectivity index (χ0v) is 13.1. The molecule has 2 aromatic carbocycles. The fourth-order valence-electron chi connectivity index (χ4n) is 2.36. The van der Waals surface area contributed by atoms with E-state index in [1.807, 2.05) is 12.1 Å². The summed E-state index contributed by atoms with van der Waals surface area (Å²) in [7, 11) is 4.23. The lowest BCUT2D eigenvalue weighted by Gasteiger charge is -2.13. The summed E-state index contributed by atoms with van der Waals surface area (Å²) in [5.41, 5.74) is 2.63. The molecule has 0 aliphatic rings. The van der Waals surface area contributed by atoms with E-state index in [-0.39, 0.29) is 0 Å². The van der Waals surface area contributed by atoms with Gasteiger partial charge in [-0.3, -0.25) is 0 Å². The van der Waals surface area contributed by atoms with Gasteiger partial charge in [0, 0.05) is 6.42 Å². The van der Waals surface area contributed by atoms with Crippen LogP contribution in [0.1, 0.15) is 17.5 Å². The molecule has 0 saturated heterocycles. The lowest BCUT2D eigenvalue weighted by atomic mass is 10.1. The summed E-state index contributed by atoms with van der Waals surface area (Å²) in [6.07, 6.45) is 3.18. The average molecular weight is 283 g/mol. The minimum Gasteiger partial charge on any atom is -0.493 e. The molecule has 2 aromatic rings. The van der Waals surface area contributed by atoms with Crippen LogP contribution in [-0.4, -0.2) is 32.1 Å². The SMILES string of the molecule is CN(C)CCCc1ccccc1OCCc1ccccc1. The Kier molecular flexibility index (Phi) is 6.29.